The van der Waals surface area contributed by atoms with Crippen LogP contribution in [0.25, 0.3) is 0 Å². The molecule has 2 bridgehead atoms. The van der Waals surface area contributed by atoms with Gasteiger partial charge in [-0.05, 0) is 42.7 Å². The summed E-state index contributed by atoms with van der Waals surface area (Å²) in [5.41, 5.74) is 0.426. The Morgan fingerprint density at radius 2 is 1.83 bits per heavy atom. The summed E-state index contributed by atoms with van der Waals surface area (Å²) in [6, 6.07) is 10.1. The lowest BCUT2D eigenvalue weighted by Crippen LogP contribution is -2.52. The smallest absolute Gasteiger partial charge is 0.141 e. The third kappa shape index (κ3) is 1.33. The van der Waals surface area contributed by atoms with Crippen molar-refractivity contribution in [1.29, 1.82) is 0 Å². The van der Waals surface area contributed by atoms with Gasteiger partial charge in [-0.15, -0.1) is 0 Å². The summed E-state index contributed by atoms with van der Waals surface area (Å²) in [6.07, 6.45) is 3.23. The van der Waals surface area contributed by atoms with E-state index in [9.17, 15) is 5.11 Å². The third-order valence-corrected chi connectivity index (χ3v) is 6.02. The molecule has 0 aromatic heterocycles. The molecule has 2 heteroatoms. The predicted molar refractivity (Wildman–Crippen MR) is 74.2 cm³/mol. The van der Waals surface area contributed by atoms with Gasteiger partial charge >= 0.3 is 0 Å². The Morgan fingerprint density at radius 3 is 2.33 bits per heavy atom. The minimum atomic E-state index is -0.763. The first-order valence-corrected chi connectivity index (χ1v) is 6.95. The molecule has 2 aliphatic rings. The zero-order valence-electron chi connectivity index (χ0n) is 11.5. The van der Waals surface area contributed by atoms with E-state index in [0.717, 1.165) is 18.5 Å². The molecule has 2 N–H and O–H groups in total. The van der Waals surface area contributed by atoms with Gasteiger partial charge in [-0.2, -0.15) is 0 Å². The highest BCUT2D eigenvalue weighted by atomic mass is 16.3. The zero-order valence-corrected chi connectivity index (χ0v) is 11.5. The van der Waals surface area contributed by atoms with Gasteiger partial charge in [0.25, 0.3) is 0 Å². The van der Waals surface area contributed by atoms with Gasteiger partial charge in [-0.1, -0.05) is 39.0 Å². The third-order valence-electron chi connectivity index (χ3n) is 6.02. The molecule has 1 aromatic carbocycles. The largest absolute Gasteiger partial charge is 0.370 e. The van der Waals surface area contributed by atoms with E-state index in [2.05, 4.69) is 26.1 Å². The molecule has 0 heterocycles. The van der Waals surface area contributed by atoms with Gasteiger partial charge in [0.15, 0.2) is 0 Å². The van der Waals surface area contributed by atoms with Gasteiger partial charge in [0.2, 0.25) is 0 Å². The van der Waals surface area contributed by atoms with Crippen LogP contribution in [0.15, 0.2) is 30.3 Å². The van der Waals surface area contributed by atoms with E-state index < -0.39 is 5.72 Å². The topological polar surface area (TPSA) is 32.3 Å². The molecule has 2 aliphatic carbocycles. The van der Waals surface area contributed by atoms with Crippen LogP contribution in [0.4, 0.5) is 5.69 Å². The van der Waals surface area contributed by atoms with Gasteiger partial charge in [-0.3, -0.25) is 0 Å². The summed E-state index contributed by atoms with van der Waals surface area (Å²) in [6.45, 7) is 6.88. The van der Waals surface area contributed by atoms with E-state index in [1.165, 1.54) is 6.42 Å². The van der Waals surface area contributed by atoms with Crippen molar-refractivity contribution in [3.8, 4) is 0 Å². The van der Waals surface area contributed by atoms with E-state index in [0.29, 0.717) is 5.92 Å². The van der Waals surface area contributed by atoms with Crippen LogP contribution in [0, 0.1) is 16.7 Å². The Labute approximate surface area is 109 Å². The molecule has 1 aromatic rings. The van der Waals surface area contributed by atoms with Crippen LogP contribution < -0.4 is 5.32 Å². The summed E-state index contributed by atoms with van der Waals surface area (Å²) >= 11 is 0. The first-order valence-electron chi connectivity index (χ1n) is 6.95. The van der Waals surface area contributed by atoms with Gasteiger partial charge in [-0.25, -0.2) is 0 Å². The summed E-state index contributed by atoms with van der Waals surface area (Å²) in [4.78, 5) is 0. The lowest BCUT2D eigenvalue weighted by Gasteiger charge is -2.46. The molecule has 0 saturated heterocycles. The fraction of sp³-hybridized carbons (Fsp3) is 0.625. The zero-order chi connectivity index (χ0) is 13.0. The van der Waals surface area contributed by atoms with Crippen LogP contribution in [0.1, 0.15) is 40.0 Å². The molecule has 3 atom stereocenters. The second-order valence-electron chi connectivity index (χ2n) is 6.84. The fourth-order valence-electron chi connectivity index (χ4n) is 4.22. The van der Waals surface area contributed by atoms with Crippen molar-refractivity contribution in [1.82, 2.24) is 0 Å². The average Bonchev–Trinajstić information content (AvgIpc) is 2.62. The standard InChI is InChI=1S/C16H23NO/c1-14(2)12-9-10-15(14,3)16(18,11-12)17-13-7-5-4-6-8-13/h4-8,12,17-18H,9-11H2,1-3H3. The van der Waals surface area contributed by atoms with E-state index in [1.54, 1.807) is 0 Å². The number of para-hydroxylation sites is 1. The monoisotopic (exact) mass is 245 g/mol. The number of benzene rings is 1. The van der Waals surface area contributed by atoms with Crippen molar-refractivity contribution in [3.63, 3.8) is 0 Å². The van der Waals surface area contributed by atoms with Gasteiger partial charge < -0.3 is 10.4 Å². The number of hydrogen-bond acceptors (Lipinski definition) is 2. The maximum absolute atomic E-state index is 11.1. The SMILES string of the molecule is CC1(C)C2CCC1(C)C(O)(Nc1ccccc1)C2. The number of fused-ring (bicyclic) bond motifs is 2. The first kappa shape index (κ1) is 12.0. The van der Waals surface area contributed by atoms with E-state index in [4.69, 9.17) is 0 Å². The normalized spacial score (nSPS) is 41.0. The van der Waals surface area contributed by atoms with E-state index >= 15 is 0 Å². The lowest BCUT2D eigenvalue weighted by molar-refractivity contribution is -0.0667. The number of aliphatic hydroxyl groups is 1. The summed E-state index contributed by atoms with van der Waals surface area (Å²) < 4.78 is 0. The molecular weight excluding hydrogens is 222 g/mol. The molecule has 0 aliphatic heterocycles. The van der Waals surface area contributed by atoms with Crippen molar-refractivity contribution >= 4 is 5.69 Å². The number of hydrogen-bond donors (Lipinski definition) is 2. The number of rotatable bonds is 2. The second-order valence-corrected chi connectivity index (χ2v) is 6.84. The average molecular weight is 245 g/mol. The van der Waals surface area contributed by atoms with Crippen molar-refractivity contribution in [3.05, 3.63) is 30.3 Å². The highest BCUT2D eigenvalue weighted by Crippen LogP contribution is 2.69. The van der Waals surface area contributed by atoms with Crippen molar-refractivity contribution in [2.45, 2.75) is 45.8 Å². The van der Waals surface area contributed by atoms with Crippen LogP contribution >= 0.6 is 0 Å². The van der Waals surface area contributed by atoms with Crippen LogP contribution in [0.3, 0.4) is 0 Å². The quantitative estimate of drug-likeness (QED) is 0.780. The van der Waals surface area contributed by atoms with Crippen LogP contribution in [-0.4, -0.2) is 10.8 Å². The van der Waals surface area contributed by atoms with Gasteiger partial charge in [0.1, 0.15) is 5.72 Å². The van der Waals surface area contributed by atoms with Crippen molar-refractivity contribution in [2.75, 3.05) is 5.32 Å². The first-order chi connectivity index (χ1) is 8.39. The Bertz CT molecular complexity index is 455. The minimum Gasteiger partial charge on any atom is -0.370 e. The molecule has 3 rings (SSSR count). The summed E-state index contributed by atoms with van der Waals surface area (Å²) in [5, 5.41) is 14.5. The molecule has 2 saturated carbocycles. The minimum absolute atomic E-state index is 0.0412. The van der Waals surface area contributed by atoms with Crippen LogP contribution in [0.5, 0.6) is 0 Å². The van der Waals surface area contributed by atoms with Crippen LogP contribution in [-0.2, 0) is 0 Å². The molecule has 0 amide bonds. The molecule has 3 unspecified atom stereocenters. The molecule has 18 heavy (non-hydrogen) atoms. The lowest BCUT2D eigenvalue weighted by atomic mass is 9.67. The molecule has 0 spiro atoms. The molecular formula is C16H23NO. The molecule has 2 nitrogen and oxygen atoms in total. The fourth-order valence-corrected chi connectivity index (χ4v) is 4.22. The summed E-state index contributed by atoms with van der Waals surface area (Å²) in [5.74, 6) is 0.628. The predicted octanol–water partition coefficient (Wildman–Crippen LogP) is 3.63. The Balaban J connectivity index is 1.93. The second kappa shape index (κ2) is 3.51. The van der Waals surface area contributed by atoms with Crippen LogP contribution in [0.2, 0.25) is 0 Å². The summed E-state index contributed by atoms with van der Waals surface area (Å²) in [7, 11) is 0. The van der Waals surface area contributed by atoms with E-state index in [-0.39, 0.29) is 10.8 Å². The van der Waals surface area contributed by atoms with Crippen molar-refractivity contribution < 1.29 is 5.11 Å². The number of nitrogens with one attached hydrogen (secondary N) is 1. The van der Waals surface area contributed by atoms with Gasteiger partial charge in [0, 0.05) is 11.1 Å². The Morgan fingerprint density at radius 1 is 1.17 bits per heavy atom. The molecule has 0 radical (unpaired) electrons. The molecule has 98 valence electrons. The van der Waals surface area contributed by atoms with Gasteiger partial charge in [0.05, 0.1) is 0 Å². The highest BCUT2D eigenvalue weighted by Gasteiger charge is 2.68. The van der Waals surface area contributed by atoms with E-state index in [1.807, 2.05) is 30.3 Å². The Hall–Kier alpha value is -1.02. The highest BCUT2D eigenvalue weighted by molar-refractivity contribution is 5.46. The van der Waals surface area contributed by atoms with Crippen molar-refractivity contribution in [2.24, 2.45) is 16.7 Å². The maximum Gasteiger partial charge on any atom is 0.141 e. The Kier molecular flexibility index (Phi) is 2.34. The molecule has 2 fully saturated rings. The number of anilines is 1. The maximum atomic E-state index is 11.1.